The van der Waals surface area contributed by atoms with E-state index < -0.39 is 0 Å². The maximum Gasteiger partial charge on any atom is 0.411 e. The van der Waals surface area contributed by atoms with Gasteiger partial charge in [-0.3, -0.25) is 14.7 Å². The smallest absolute Gasteiger partial charge is 0.411 e. The van der Waals surface area contributed by atoms with E-state index in [2.05, 4.69) is 33.0 Å². The number of rotatable bonds is 3. The number of carbonyl (C=O) groups is 2. The number of fused-ring (bicyclic) bond motifs is 3. The SMILES string of the molecule is O=C(Cc1cncc(Br)c1)N1CCC(N2C(=O)O[C@@H]3Cc4ccccc4[C@@H]32)CC1. The third-order valence-electron chi connectivity index (χ3n) is 6.24. The van der Waals surface area contributed by atoms with Crippen molar-refractivity contribution in [2.45, 2.75) is 43.9 Å². The number of aromatic nitrogens is 1. The van der Waals surface area contributed by atoms with E-state index in [4.69, 9.17) is 4.74 Å². The van der Waals surface area contributed by atoms with Crippen molar-refractivity contribution in [3.63, 3.8) is 0 Å². The number of hydrogen-bond acceptors (Lipinski definition) is 4. The molecule has 29 heavy (non-hydrogen) atoms. The van der Waals surface area contributed by atoms with Crippen molar-refractivity contribution in [1.82, 2.24) is 14.8 Å². The topological polar surface area (TPSA) is 62.7 Å². The van der Waals surface area contributed by atoms with Gasteiger partial charge in [0.1, 0.15) is 6.10 Å². The number of likely N-dealkylation sites (tertiary alicyclic amines) is 1. The lowest BCUT2D eigenvalue weighted by atomic mass is 9.98. The molecule has 0 N–H and O–H groups in total. The van der Waals surface area contributed by atoms with E-state index in [9.17, 15) is 9.59 Å². The fraction of sp³-hybridized carbons (Fsp3) is 0.409. The van der Waals surface area contributed by atoms with Gasteiger partial charge < -0.3 is 9.64 Å². The van der Waals surface area contributed by atoms with E-state index in [1.54, 1.807) is 12.4 Å². The molecular formula is C22H22BrN3O3. The quantitative estimate of drug-likeness (QED) is 0.710. The third-order valence-corrected chi connectivity index (χ3v) is 6.67. The molecule has 1 aliphatic carbocycles. The van der Waals surface area contributed by atoms with Crippen LogP contribution in [0.25, 0.3) is 0 Å². The van der Waals surface area contributed by atoms with Gasteiger partial charge in [-0.25, -0.2) is 4.79 Å². The molecule has 150 valence electrons. The Balaban J connectivity index is 1.25. The largest absolute Gasteiger partial charge is 0.443 e. The highest BCUT2D eigenvalue weighted by Crippen LogP contribution is 2.44. The molecule has 2 aromatic rings. The predicted octanol–water partition coefficient (Wildman–Crippen LogP) is 3.50. The molecule has 0 unspecified atom stereocenters. The molecule has 3 heterocycles. The van der Waals surface area contributed by atoms with Crippen molar-refractivity contribution < 1.29 is 14.3 Å². The summed E-state index contributed by atoms with van der Waals surface area (Å²) < 4.78 is 6.57. The molecule has 2 atom stereocenters. The Labute approximate surface area is 178 Å². The molecule has 3 aliphatic rings. The molecule has 0 spiro atoms. The Morgan fingerprint density at radius 1 is 1.21 bits per heavy atom. The van der Waals surface area contributed by atoms with Crippen molar-refractivity contribution >= 4 is 27.9 Å². The van der Waals surface area contributed by atoms with Crippen LogP contribution in [0.1, 0.15) is 35.6 Å². The van der Waals surface area contributed by atoms with Gasteiger partial charge in [0.2, 0.25) is 5.91 Å². The maximum atomic E-state index is 12.7. The molecule has 5 rings (SSSR count). The molecule has 0 radical (unpaired) electrons. The van der Waals surface area contributed by atoms with Crippen molar-refractivity contribution in [3.8, 4) is 0 Å². The average molecular weight is 456 g/mol. The summed E-state index contributed by atoms with van der Waals surface area (Å²) in [4.78, 5) is 33.3. The molecular weight excluding hydrogens is 434 g/mol. The van der Waals surface area contributed by atoms with Crippen LogP contribution in [-0.2, 0) is 22.4 Å². The van der Waals surface area contributed by atoms with Gasteiger partial charge in [-0.05, 0) is 51.5 Å². The molecule has 1 aromatic carbocycles. The first-order chi connectivity index (χ1) is 14.1. The van der Waals surface area contributed by atoms with E-state index in [-0.39, 0.29) is 30.2 Å². The summed E-state index contributed by atoms with van der Waals surface area (Å²) in [7, 11) is 0. The zero-order valence-corrected chi connectivity index (χ0v) is 17.5. The van der Waals surface area contributed by atoms with Crippen molar-refractivity contribution in [3.05, 3.63) is 63.9 Å². The van der Waals surface area contributed by atoms with E-state index in [0.717, 1.165) is 29.3 Å². The van der Waals surface area contributed by atoms with Crippen molar-refractivity contribution in [1.29, 1.82) is 0 Å². The zero-order valence-electron chi connectivity index (χ0n) is 16.0. The number of hydrogen-bond donors (Lipinski definition) is 0. The average Bonchev–Trinajstić information content (AvgIpc) is 3.22. The Kier molecular flexibility index (Phi) is 4.78. The molecule has 1 aromatic heterocycles. The molecule has 0 saturated carbocycles. The summed E-state index contributed by atoms with van der Waals surface area (Å²) in [5.41, 5.74) is 3.39. The minimum absolute atomic E-state index is 0.0127. The number of piperidine rings is 1. The Morgan fingerprint density at radius 3 is 2.79 bits per heavy atom. The second kappa shape index (κ2) is 7.44. The van der Waals surface area contributed by atoms with Gasteiger partial charge in [0.25, 0.3) is 0 Å². The van der Waals surface area contributed by atoms with E-state index in [1.807, 2.05) is 28.0 Å². The Bertz CT molecular complexity index is 958. The Morgan fingerprint density at radius 2 is 2.00 bits per heavy atom. The molecule has 2 saturated heterocycles. The number of amides is 2. The number of halogens is 1. The third kappa shape index (κ3) is 3.41. The standard InChI is InChI=1S/C22H22BrN3O3/c23-16-9-14(12-24-13-16)10-20(27)25-7-5-17(6-8-25)26-21-18-4-2-1-3-15(18)11-19(21)29-22(26)28/h1-4,9,12-13,17,19,21H,5-8,10-11H2/t19-,21+/m1/s1. The number of carbonyl (C=O) groups excluding carboxylic acids is 2. The number of pyridine rings is 1. The zero-order chi connectivity index (χ0) is 20.0. The minimum Gasteiger partial charge on any atom is -0.443 e. The Hall–Kier alpha value is -2.41. The molecule has 6 nitrogen and oxygen atoms in total. The second-order valence-electron chi connectivity index (χ2n) is 7.98. The highest BCUT2D eigenvalue weighted by atomic mass is 79.9. The van der Waals surface area contributed by atoms with Gasteiger partial charge in [-0.1, -0.05) is 24.3 Å². The van der Waals surface area contributed by atoms with Gasteiger partial charge in [0.15, 0.2) is 0 Å². The monoisotopic (exact) mass is 455 g/mol. The summed E-state index contributed by atoms with van der Waals surface area (Å²) in [6.07, 6.45) is 5.85. The van der Waals surface area contributed by atoms with Crippen molar-refractivity contribution in [2.24, 2.45) is 0 Å². The van der Waals surface area contributed by atoms with Crippen LogP contribution < -0.4 is 0 Å². The molecule has 7 heteroatoms. The summed E-state index contributed by atoms with van der Waals surface area (Å²) >= 11 is 3.40. The fourth-order valence-corrected chi connectivity index (χ4v) is 5.30. The van der Waals surface area contributed by atoms with Crippen LogP contribution in [0.3, 0.4) is 0 Å². The van der Waals surface area contributed by atoms with Crippen LogP contribution in [0.15, 0.2) is 47.2 Å². The van der Waals surface area contributed by atoms with E-state index >= 15 is 0 Å². The van der Waals surface area contributed by atoms with Gasteiger partial charge in [0, 0.05) is 42.4 Å². The van der Waals surface area contributed by atoms with Crippen LogP contribution >= 0.6 is 15.9 Å². The van der Waals surface area contributed by atoms with Crippen LogP contribution in [0, 0.1) is 0 Å². The first kappa shape index (κ1) is 18.6. The molecule has 0 bridgehead atoms. The van der Waals surface area contributed by atoms with Gasteiger partial charge >= 0.3 is 6.09 Å². The van der Waals surface area contributed by atoms with Crippen LogP contribution in [0.4, 0.5) is 4.79 Å². The second-order valence-corrected chi connectivity index (χ2v) is 8.89. The number of benzene rings is 1. The first-order valence-corrected chi connectivity index (χ1v) is 10.8. The lowest BCUT2D eigenvalue weighted by Crippen LogP contribution is -2.48. The summed E-state index contributed by atoms with van der Waals surface area (Å²) in [5, 5.41) is 0. The summed E-state index contributed by atoms with van der Waals surface area (Å²) in [6.45, 7) is 1.32. The minimum atomic E-state index is -0.209. The lowest BCUT2D eigenvalue weighted by molar-refractivity contribution is -0.131. The van der Waals surface area contributed by atoms with E-state index in [0.29, 0.717) is 19.5 Å². The molecule has 2 aliphatic heterocycles. The maximum absolute atomic E-state index is 12.7. The fourth-order valence-electron chi connectivity index (χ4n) is 4.88. The highest BCUT2D eigenvalue weighted by molar-refractivity contribution is 9.10. The van der Waals surface area contributed by atoms with Crippen LogP contribution in [0.2, 0.25) is 0 Å². The highest BCUT2D eigenvalue weighted by Gasteiger charge is 2.50. The first-order valence-electron chi connectivity index (χ1n) is 10.0. The number of ether oxygens (including phenoxy) is 1. The summed E-state index contributed by atoms with van der Waals surface area (Å²) in [5.74, 6) is 0.108. The summed E-state index contributed by atoms with van der Waals surface area (Å²) in [6, 6.07) is 10.4. The molecule has 2 amide bonds. The predicted molar refractivity (Wildman–Crippen MR) is 110 cm³/mol. The van der Waals surface area contributed by atoms with Gasteiger partial charge in [-0.15, -0.1) is 0 Å². The van der Waals surface area contributed by atoms with Gasteiger partial charge in [-0.2, -0.15) is 0 Å². The molecule has 2 fully saturated rings. The normalized spacial score (nSPS) is 23.7. The number of nitrogens with zero attached hydrogens (tertiary/aromatic N) is 3. The van der Waals surface area contributed by atoms with Crippen molar-refractivity contribution in [2.75, 3.05) is 13.1 Å². The van der Waals surface area contributed by atoms with E-state index in [1.165, 1.54) is 11.1 Å². The van der Waals surface area contributed by atoms with Gasteiger partial charge in [0.05, 0.1) is 12.5 Å². The van der Waals surface area contributed by atoms with Crippen LogP contribution in [-0.4, -0.2) is 52.0 Å². The lowest BCUT2D eigenvalue weighted by Gasteiger charge is -2.38. The van der Waals surface area contributed by atoms with Crippen LogP contribution in [0.5, 0.6) is 0 Å².